The van der Waals surface area contributed by atoms with Gasteiger partial charge < -0.3 is 9.47 Å². The first-order valence-electron chi connectivity index (χ1n) is 5.85. The number of carbonyl (C=O) groups excluding carboxylic acids is 1. The maximum absolute atomic E-state index is 13.5. The van der Waals surface area contributed by atoms with E-state index in [2.05, 4.69) is 20.7 Å². The summed E-state index contributed by atoms with van der Waals surface area (Å²) in [6.45, 7) is 0.114. The largest absolute Gasteiger partial charge is 0.489 e. The van der Waals surface area contributed by atoms with Crippen LogP contribution in [0.3, 0.4) is 0 Å². The fraction of sp³-hybridized carbons (Fsp3) is 0.133. The molecule has 0 saturated heterocycles. The second kappa shape index (κ2) is 6.52. The molecular weight excluding hydrogens is 327 g/mol. The zero-order chi connectivity index (χ0) is 14.5. The van der Waals surface area contributed by atoms with Crippen molar-refractivity contribution in [2.75, 3.05) is 7.11 Å². The van der Waals surface area contributed by atoms with Crippen molar-refractivity contribution in [2.45, 2.75) is 6.61 Å². The first kappa shape index (κ1) is 14.5. The second-order valence-electron chi connectivity index (χ2n) is 4.04. The molecule has 0 spiro atoms. The lowest BCUT2D eigenvalue weighted by Gasteiger charge is -2.08. The van der Waals surface area contributed by atoms with Crippen LogP contribution in [-0.2, 0) is 11.3 Å². The van der Waals surface area contributed by atoms with Crippen LogP contribution >= 0.6 is 15.9 Å². The third kappa shape index (κ3) is 3.57. The Hall–Kier alpha value is -1.88. The molecule has 0 aliphatic rings. The predicted octanol–water partition coefficient (Wildman–Crippen LogP) is 3.95. The van der Waals surface area contributed by atoms with Crippen molar-refractivity contribution >= 4 is 21.9 Å². The quantitative estimate of drug-likeness (QED) is 0.791. The molecule has 20 heavy (non-hydrogen) atoms. The second-order valence-corrected chi connectivity index (χ2v) is 4.96. The van der Waals surface area contributed by atoms with E-state index in [4.69, 9.17) is 4.74 Å². The first-order chi connectivity index (χ1) is 9.60. The van der Waals surface area contributed by atoms with E-state index in [1.807, 2.05) is 0 Å². The number of hydrogen-bond donors (Lipinski definition) is 0. The van der Waals surface area contributed by atoms with Crippen LogP contribution in [0.4, 0.5) is 4.39 Å². The van der Waals surface area contributed by atoms with Crippen LogP contribution in [0, 0.1) is 5.82 Å². The van der Waals surface area contributed by atoms with Gasteiger partial charge in [0, 0.05) is 10.0 Å². The van der Waals surface area contributed by atoms with E-state index in [0.29, 0.717) is 16.9 Å². The van der Waals surface area contributed by atoms with E-state index in [1.165, 1.54) is 13.2 Å². The normalized spacial score (nSPS) is 10.2. The van der Waals surface area contributed by atoms with Gasteiger partial charge in [0.2, 0.25) is 0 Å². The summed E-state index contributed by atoms with van der Waals surface area (Å²) in [6.07, 6.45) is 0. The smallest absolute Gasteiger partial charge is 0.337 e. The number of rotatable bonds is 4. The highest BCUT2D eigenvalue weighted by molar-refractivity contribution is 9.10. The Kier molecular flexibility index (Phi) is 4.74. The van der Waals surface area contributed by atoms with Crippen LogP contribution in [0.5, 0.6) is 5.75 Å². The van der Waals surface area contributed by atoms with Gasteiger partial charge in [0.25, 0.3) is 0 Å². The monoisotopic (exact) mass is 338 g/mol. The molecule has 3 nitrogen and oxygen atoms in total. The molecule has 0 amide bonds. The molecular formula is C15H12BrFO3. The van der Waals surface area contributed by atoms with E-state index in [1.54, 1.807) is 36.4 Å². The summed E-state index contributed by atoms with van der Waals surface area (Å²) >= 11 is 3.28. The molecule has 0 aliphatic carbocycles. The van der Waals surface area contributed by atoms with Crippen LogP contribution < -0.4 is 4.74 Å². The Balaban J connectivity index is 2.04. The lowest BCUT2D eigenvalue weighted by molar-refractivity contribution is 0.0600. The molecule has 0 saturated carbocycles. The maximum atomic E-state index is 13.5. The first-order valence-corrected chi connectivity index (χ1v) is 6.64. The zero-order valence-corrected chi connectivity index (χ0v) is 12.3. The SMILES string of the molecule is COC(=O)c1ccc(OCc2cc(Br)ccc2F)cc1. The van der Waals surface area contributed by atoms with Crippen LogP contribution in [0.1, 0.15) is 15.9 Å². The summed E-state index contributed by atoms with van der Waals surface area (Å²) in [5.41, 5.74) is 0.893. The molecule has 0 unspecified atom stereocenters. The molecule has 2 aromatic rings. The van der Waals surface area contributed by atoms with Gasteiger partial charge in [-0.05, 0) is 42.5 Å². The topological polar surface area (TPSA) is 35.5 Å². The minimum atomic E-state index is -0.408. The van der Waals surface area contributed by atoms with Crippen molar-refractivity contribution in [3.8, 4) is 5.75 Å². The van der Waals surface area contributed by atoms with Crippen LogP contribution in [0.15, 0.2) is 46.9 Å². The average molecular weight is 339 g/mol. The van der Waals surface area contributed by atoms with Crippen molar-refractivity contribution in [3.63, 3.8) is 0 Å². The van der Waals surface area contributed by atoms with E-state index in [9.17, 15) is 9.18 Å². The van der Waals surface area contributed by atoms with Gasteiger partial charge in [0.05, 0.1) is 12.7 Å². The van der Waals surface area contributed by atoms with E-state index in [-0.39, 0.29) is 12.4 Å². The molecule has 0 bridgehead atoms. The summed E-state index contributed by atoms with van der Waals surface area (Å²) < 4.78 is 24.4. The minimum Gasteiger partial charge on any atom is -0.489 e. The highest BCUT2D eigenvalue weighted by atomic mass is 79.9. The molecule has 0 fully saturated rings. The summed E-state index contributed by atoms with van der Waals surface area (Å²) in [5.74, 6) is -0.175. The average Bonchev–Trinajstić information content (AvgIpc) is 2.48. The Morgan fingerprint density at radius 3 is 2.55 bits per heavy atom. The van der Waals surface area contributed by atoms with Gasteiger partial charge in [-0.25, -0.2) is 9.18 Å². The van der Waals surface area contributed by atoms with Crippen molar-refractivity contribution in [3.05, 3.63) is 63.9 Å². The van der Waals surface area contributed by atoms with Gasteiger partial charge in [-0.1, -0.05) is 15.9 Å². The molecule has 5 heteroatoms. The Morgan fingerprint density at radius 1 is 1.20 bits per heavy atom. The molecule has 0 radical (unpaired) electrons. The summed E-state index contributed by atoms with van der Waals surface area (Å²) in [6, 6.07) is 11.1. The van der Waals surface area contributed by atoms with Crippen LogP contribution in [0.25, 0.3) is 0 Å². The number of halogens is 2. The van der Waals surface area contributed by atoms with E-state index >= 15 is 0 Å². The number of hydrogen-bond acceptors (Lipinski definition) is 3. The van der Waals surface area contributed by atoms with Crippen molar-refractivity contribution in [1.82, 2.24) is 0 Å². The highest BCUT2D eigenvalue weighted by Gasteiger charge is 2.06. The molecule has 0 aliphatic heterocycles. The summed E-state index contributed by atoms with van der Waals surface area (Å²) in [7, 11) is 1.32. The third-order valence-electron chi connectivity index (χ3n) is 2.68. The Bertz CT molecular complexity index is 611. The number of carbonyl (C=O) groups is 1. The number of methoxy groups -OCH3 is 1. The molecule has 0 heterocycles. The minimum absolute atomic E-state index is 0.114. The molecule has 0 N–H and O–H groups in total. The predicted molar refractivity (Wildman–Crippen MR) is 76.2 cm³/mol. The van der Waals surface area contributed by atoms with Crippen LogP contribution in [0.2, 0.25) is 0 Å². The van der Waals surface area contributed by atoms with Crippen molar-refractivity contribution < 1.29 is 18.7 Å². The van der Waals surface area contributed by atoms with Gasteiger partial charge in [-0.3, -0.25) is 0 Å². The molecule has 2 aromatic carbocycles. The van der Waals surface area contributed by atoms with E-state index in [0.717, 1.165) is 4.47 Å². The fourth-order valence-electron chi connectivity index (χ4n) is 1.62. The van der Waals surface area contributed by atoms with Gasteiger partial charge in [0.1, 0.15) is 18.2 Å². The van der Waals surface area contributed by atoms with Gasteiger partial charge >= 0.3 is 5.97 Å². The van der Waals surface area contributed by atoms with Crippen LogP contribution in [-0.4, -0.2) is 13.1 Å². The Labute approximate surface area is 124 Å². The zero-order valence-electron chi connectivity index (χ0n) is 10.7. The molecule has 0 atom stereocenters. The summed E-state index contributed by atoms with van der Waals surface area (Å²) in [4.78, 5) is 11.3. The van der Waals surface area contributed by atoms with Gasteiger partial charge in [0.15, 0.2) is 0 Å². The maximum Gasteiger partial charge on any atom is 0.337 e. The molecule has 0 aromatic heterocycles. The molecule has 2 rings (SSSR count). The number of ether oxygens (including phenoxy) is 2. The van der Waals surface area contributed by atoms with E-state index < -0.39 is 5.97 Å². The standard InChI is InChI=1S/C15H12BrFO3/c1-19-15(18)10-2-5-13(6-3-10)20-9-11-8-12(16)4-7-14(11)17/h2-8H,9H2,1H3. The number of esters is 1. The third-order valence-corrected chi connectivity index (χ3v) is 3.17. The molecule has 104 valence electrons. The van der Waals surface area contributed by atoms with Gasteiger partial charge in [-0.2, -0.15) is 0 Å². The lowest BCUT2D eigenvalue weighted by atomic mass is 10.2. The lowest BCUT2D eigenvalue weighted by Crippen LogP contribution is -2.02. The van der Waals surface area contributed by atoms with Crippen molar-refractivity contribution in [1.29, 1.82) is 0 Å². The number of benzene rings is 2. The Morgan fingerprint density at radius 2 is 1.90 bits per heavy atom. The van der Waals surface area contributed by atoms with Gasteiger partial charge in [-0.15, -0.1) is 0 Å². The summed E-state index contributed by atoms with van der Waals surface area (Å²) in [5, 5.41) is 0. The highest BCUT2D eigenvalue weighted by Crippen LogP contribution is 2.19. The van der Waals surface area contributed by atoms with Crippen molar-refractivity contribution in [2.24, 2.45) is 0 Å². The fourth-order valence-corrected chi connectivity index (χ4v) is 2.03.